The fourth-order valence-electron chi connectivity index (χ4n) is 1.77. The average Bonchev–Trinajstić information content (AvgIpc) is 2.84. The first-order chi connectivity index (χ1) is 9.76. The van der Waals surface area contributed by atoms with Gasteiger partial charge in [0.05, 0.1) is 23.4 Å². The number of nitro benzene ring substituents is 1. The number of rotatable bonds is 4. The van der Waals surface area contributed by atoms with Crippen molar-refractivity contribution in [1.29, 1.82) is 0 Å². The summed E-state index contributed by atoms with van der Waals surface area (Å²) >= 11 is 5.81. The van der Waals surface area contributed by atoms with E-state index in [1.165, 1.54) is 12.1 Å². The molecule has 0 bridgehead atoms. The molecule has 6 nitrogen and oxygen atoms in total. The van der Waals surface area contributed by atoms with Gasteiger partial charge in [0, 0.05) is 17.2 Å². The minimum Gasteiger partial charge on any atom is -0.341 e. The van der Waals surface area contributed by atoms with Crippen molar-refractivity contribution in [3.8, 4) is 11.3 Å². The molecule has 0 aliphatic heterocycles. The minimum atomic E-state index is -0.496. The van der Waals surface area contributed by atoms with Crippen LogP contribution in [0.4, 0.5) is 5.69 Å². The summed E-state index contributed by atoms with van der Waals surface area (Å²) in [6.07, 6.45) is 1.66. The second-order valence-corrected chi connectivity index (χ2v) is 6.18. The van der Waals surface area contributed by atoms with E-state index in [1.807, 2.05) is 0 Å². The fraction of sp³-hybridized carbons (Fsp3) is 0.357. The SMILES string of the molecule is CC(C)(C)NCc1ncc(-c2ccc(Cl)c([N+](=O)[O-])c2)[nH]1. The molecule has 0 amide bonds. The van der Waals surface area contributed by atoms with Crippen LogP contribution >= 0.6 is 11.6 Å². The number of nitro groups is 1. The van der Waals surface area contributed by atoms with Crippen LogP contribution in [0.15, 0.2) is 24.4 Å². The molecule has 2 aromatic rings. The Morgan fingerprint density at radius 2 is 2.14 bits per heavy atom. The first-order valence-electron chi connectivity index (χ1n) is 6.49. The van der Waals surface area contributed by atoms with E-state index in [4.69, 9.17) is 11.6 Å². The van der Waals surface area contributed by atoms with Crippen molar-refractivity contribution >= 4 is 17.3 Å². The number of H-pyrrole nitrogens is 1. The zero-order chi connectivity index (χ0) is 15.6. The van der Waals surface area contributed by atoms with Crippen molar-refractivity contribution in [1.82, 2.24) is 15.3 Å². The van der Waals surface area contributed by atoms with Crippen molar-refractivity contribution in [2.45, 2.75) is 32.9 Å². The summed E-state index contributed by atoms with van der Waals surface area (Å²) in [6, 6.07) is 4.68. The Morgan fingerprint density at radius 3 is 2.76 bits per heavy atom. The second-order valence-electron chi connectivity index (χ2n) is 5.77. The van der Waals surface area contributed by atoms with Gasteiger partial charge >= 0.3 is 0 Å². The Morgan fingerprint density at radius 1 is 1.43 bits per heavy atom. The van der Waals surface area contributed by atoms with Crippen molar-refractivity contribution in [2.24, 2.45) is 0 Å². The number of hydrogen-bond donors (Lipinski definition) is 2. The molecule has 0 saturated carbocycles. The maximum atomic E-state index is 10.9. The third kappa shape index (κ3) is 4.03. The van der Waals surface area contributed by atoms with E-state index in [2.05, 4.69) is 36.1 Å². The summed E-state index contributed by atoms with van der Waals surface area (Å²) in [5, 5.41) is 14.4. The third-order valence-corrected chi connectivity index (χ3v) is 3.19. The lowest BCUT2D eigenvalue weighted by Crippen LogP contribution is -2.35. The van der Waals surface area contributed by atoms with Gasteiger partial charge in [-0.3, -0.25) is 10.1 Å². The van der Waals surface area contributed by atoms with Crippen LogP contribution in [-0.4, -0.2) is 20.4 Å². The zero-order valence-corrected chi connectivity index (χ0v) is 12.9. The smallest absolute Gasteiger partial charge is 0.288 e. The van der Waals surface area contributed by atoms with E-state index in [9.17, 15) is 10.1 Å². The molecule has 2 N–H and O–H groups in total. The van der Waals surface area contributed by atoms with Crippen molar-refractivity contribution < 1.29 is 4.92 Å². The molecule has 1 heterocycles. The summed E-state index contributed by atoms with van der Waals surface area (Å²) in [7, 11) is 0. The van der Waals surface area contributed by atoms with E-state index >= 15 is 0 Å². The Kier molecular flexibility index (Phi) is 4.29. The number of hydrogen-bond acceptors (Lipinski definition) is 4. The first-order valence-corrected chi connectivity index (χ1v) is 6.87. The van der Waals surface area contributed by atoms with Crippen LogP contribution < -0.4 is 5.32 Å². The van der Waals surface area contributed by atoms with E-state index in [-0.39, 0.29) is 16.2 Å². The number of imidazole rings is 1. The summed E-state index contributed by atoms with van der Waals surface area (Å²) < 4.78 is 0. The maximum absolute atomic E-state index is 10.9. The summed E-state index contributed by atoms with van der Waals surface area (Å²) in [5.41, 5.74) is 1.28. The molecule has 1 aromatic heterocycles. The fourth-order valence-corrected chi connectivity index (χ4v) is 1.95. The van der Waals surface area contributed by atoms with E-state index < -0.39 is 4.92 Å². The first kappa shape index (κ1) is 15.5. The molecule has 2 rings (SSSR count). The molecule has 0 spiro atoms. The number of aromatic nitrogens is 2. The van der Waals surface area contributed by atoms with Crippen LogP contribution in [0.1, 0.15) is 26.6 Å². The zero-order valence-electron chi connectivity index (χ0n) is 12.1. The van der Waals surface area contributed by atoms with Crippen molar-refractivity contribution in [3.05, 3.63) is 45.4 Å². The number of benzene rings is 1. The highest BCUT2D eigenvalue weighted by Crippen LogP contribution is 2.29. The topological polar surface area (TPSA) is 83.8 Å². The largest absolute Gasteiger partial charge is 0.341 e. The molecular weight excluding hydrogens is 292 g/mol. The lowest BCUT2D eigenvalue weighted by molar-refractivity contribution is -0.384. The van der Waals surface area contributed by atoms with Crippen LogP contribution in [0.25, 0.3) is 11.3 Å². The van der Waals surface area contributed by atoms with Crippen LogP contribution in [0.5, 0.6) is 0 Å². The highest BCUT2D eigenvalue weighted by Gasteiger charge is 2.15. The summed E-state index contributed by atoms with van der Waals surface area (Å²) in [5.74, 6) is 0.775. The lowest BCUT2D eigenvalue weighted by atomic mass is 10.1. The monoisotopic (exact) mass is 308 g/mol. The summed E-state index contributed by atoms with van der Waals surface area (Å²) in [4.78, 5) is 17.8. The second kappa shape index (κ2) is 5.83. The predicted octanol–water partition coefficient (Wildman–Crippen LogP) is 3.53. The van der Waals surface area contributed by atoms with Gasteiger partial charge < -0.3 is 10.3 Å². The Hall–Kier alpha value is -1.92. The van der Waals surface area contributed by atoms with Gasteiger partial charge in [-0.25, -0.2) is 4.98 Å². The normalized spacial score (nSPS) is 11.6. The quantitative estimate of drug-likeness (QED) is 0.668. The van der Waals surface area contributed by atoms with E-state index in [0.717, 1.165) is 11.5 Å². The number of nitrogens with one attached hydrogen (secondary N) is 2. The molecule has 0 fully saturated rings. The van der Waals surface area contributed by atoms with Gasteiger partial charge in [-0.05, 0) is 26.8 Å². The molecule has 0 saturated heterocycles. The standard InChI is InChI=1S/C14H17ClN4O2/c1-14(2,3)17-8-13-16-7-11(18-13)9-4-5-10(15)12(6-9)19(20)21/h4-7,17H,8H2,1-3H3,(H,16,18). The van der Waals surface area contributed by atoms with Gasteiger partial charge in [0.15, 0.2) is 0 Å². The van der Waals surface area contributed by atoms with Crippen LogP contribution in [0, 0.1) is 10.1 Å². The number of aromatic amines is 1. The van der Waals surface area contributed by atoms with Crippen LogP contribution in [0.2, 0.25) is 5.02 Å². The molecule has 0 unspecified atom stereocenters. The van der Waals surface area contributed by atoms with Gasteiger partial charge in [-0.1, -0.05) is 17.7 Å². The lowest BCUT2D eigenvalue weighted by Gasteiger charge is -2.19. The molecule has 0 aliphatic carbocycles. The van der Waals surface area contributed by atoms with Gasteiger partial charge in [0.1, 0.15) is 10.8 Å². The maximum Gasteiger partial charge on any atom is 0.288 e. The van der Waals surface area contributed by atoms with Gasteiger partial charge in [-0.2, -0.15) is 0 Å². The molecule has 0 aliphatic rings. The molecule has 21 heavy (non-hydrogen) atoms. The highest BCUT2D eigenvalue weighted by atomic mass is 35.5. The molecular formula is C14H17ClN4O2. The number of nitrogens with zero attached hydrogens (tertiary/aromatic N) is 2. The van der Waals surface area contributed by atoms with Crippen LogP contribution in [-0.2, 0) is 6.54 Å². The van der Waals surface area contributed by atoms with Gasteiger partial charge in [0.2, 0.25) is 0 Å². The predicted molar refractivity (Wildman–Crippen MR) is 82.3 cm³/mol. The molecule has 1 aromatic carbocycles. The van der Waals surface area contributed by atoms with E-state index in [0.29, 0.717) is 12.1 Å². The molecule has 112 valence electrons. The van der Waals surface area contributed by atoms with Gasteiger partial charge in [-0.15, -0.1) is 0 Å². The Bertz CT molecular complexity index is 661. The van der Waals surface area contributed by atoms with Crippen molar-refractivity contribution in [3.63, 3.8) is 0 Å². The number of halogens is 1. The van der Waals surface area contributed by atoms with Crippen molar-refractivity contribution in [2.75, 3.05) is 0 Å². The Labute approximate surface area is 127 Å². The Balaban J connectivity index is 2.22. The average molecular weight is 309 g/mol. The minimum absolute atomic E-state index is 0.00792. The van der Waals surface area contributed by atoms with Crippen LogP contribution in [0.3, 0.4) is 0 Å². The third-order valence-electron chi connectivity index (χ3n) is 2.87. The molecule has 0 atom stereocenters. The van der Waals surface area contributed by atoms with Gasteiger partial charge in [0.25, 0.3) is 5.69 Å². The summed E-state index contributed by atoms with van der Waals surface area (Å²) in [6.45, 7) is 6.80. The van der Waals surface area contributed by atoms with E-state index in [1.54, 1.807) is 12.3 Å². The molecule has 0 radical (unpaired) electrons. The molecule has 7 heteroatoms. The highest BCUT2D eigenvalue weighted by molar-refractivity contribution is 6.32.